The average molecular weight is 258 g/mol. The first-order valence-corrected chi connectivity index (χ1v) is 5.87. The second-order valence-corrected chi connectivity index (χ2v) is 5.24. The molecule has 72 valence electrons. The number of aromatic nitrogens is 1. The lowest BCUT2D eigenvalue weighted by atomic mass is 10.3. The van der Waals surface area contributed by atoms with E-state index in [1.165, 1.54) is 11.3 Å². The number of hydrogen-bond donors (Lipinski definition) is 3. The number of anilines is 1. The summed E-state index contributed by atoms with van der Waals surface area (Å²) in [5, 5.41) is 3.64. The van der Waals surface area contributed by atoms with Crippen LogP contribution in [0.5, 0.6) is 0 Å². The smallest absolute Gasteiger partial charge is 0.189 e. The van der Waals surface area contributed by atoms with Crippen LogP contribution in [0.3, 0.4) is 0 Å². The molecule has 14 heavy (non-hydrogen) atoms. The molecule has 0 unspecified atom stereocenters. The molecular weight excluding hydrogens is 252 g/mol. The Hall–Kier alpha value is -0.300. The van der Waals surface area contributed by atoms with Crippen molar-refractivity contribution in [2.24, 2.45) is 0 Å². The van der Waals surface area contributed by atoms with Gasteiger partial charge in [-0.1, -0.05) is 29.6 Å². The summed E-state index contributed by atoms with van der Waals surface area (Å²) in [6.07, 6.45) is 0. The average Bonchev–Trinajstić information content (AvgIpc) is 2.47. The topological polar surface area (TPSA) is 24.9 Å². The van der Waals surface area contributed by atoms with Gasteiger partial charge in [-0.25, -0.2) is 4.98 Å². The Morgan fingerprint density at radius 1 is 1.50 bits per heavy atom. The van der Waals surface area contributed by atoms with Gasteiger partial charge in [-0.15, -0.1) is 25.3 Å². The van der Waals surface area contributed by atoms with Gasteiger partial charge in [0.15, 0.2) is 5.13 Å². The Morgan fingerprint density at radius 3 is 2.93 bits per heavy atom. The van der Waals surface area contributed by atoms with Crippen LogP contribution in [0.25, 0.3) is 10.2 Å². The normalized spacial score (nSPS) is 10.4. The van der Waals surface area contributed by atoms with E-state index < -0.39 is 0 Å². The summed E-state index contributed by atoms with van der Waals surface area (Å²) in [5.41, 5.74) is 0.896. The number of fused-ring (bicyclic) bond motifs is 1. The van der Waals surface area contributed by atoms with Crippen LogP contribution in [0.2, 0.25) is 0 Å². The van der Waals surface area contributed by atoms with Crippen LogP contribution in [0, 0.1) is 0 Å². The number of thiazole rings is 1. The van der Waals surface area contributed by atoms with E-state index in [-0.39, 0.29) is 0 Å². The van der Waals surface area contributed by atoms with Crippen molar-refractivity contribution in [3.63, 3.8) is 0 Å². The number of para-hydroxylation sites is 1. The lowest BCUT2D eigenvalue weighted by Gasteiger charge is -1.93. The molecule has 0 atom stereocenters. The Balaban J connectivity index is 2.51. The van der Waals surface area contributed by atoms with Gasteiger partial charge in [0, 0.05) is 4.90 Å². The molecule has 0 spiro atoms. The summed E-state index contributed by atoms with van der Waals surface area (Å²) in [4.78, 5) is 5.22. The predicted octanol–water partition coefficient (Wildman–Crippen LogP) is 3.21. The highest BCUT2D eigenvalue weighted by Gasteiger charge is 2.05. The third-order valence-corrected chi connectivity index (χ3v) is 3.12. The molecule has 0 aliphatic heterocycles. The van der Waals surface area contributed by atoms with E-state index in [2.05, 4.69) is 35.6 Å². The van der Waals surface area contributed by atoms with Crippen molar-refractivity contribution < 1.29 is 0 Å². The maximum absolute atomic E-state index is 4.82. The van der Waals surface area contributed by atoms with Gasteiger partial charge in [0.25, 0.3) is 0 Å². The second kappa shape index (κ2) is 4.06. The SMILES string of the molecule is S=C(S)Nc1nc2c(S)cccc2s1. The molecule has 1 aromatic heterocycles. The molecule has 0 aliphatic carbocycles. The van der Waals surface area contributed by atoms with E-state index in [9.17, 15) is 0 Å². The van der Waals surface area contributed by atoms with Crippen molar-refractivity contribution in [1.29, 1.82) is 0 Å². The lowest BCUT2D eigenvalue weighted by Crippen LogP contribution is -1.99. The van der Waals surface area contributed by atoms with Crippen molar-refractivity contribution in [1.82, 2.24) is 4.98 Å². The molecule has 0 saturated heterocycles. The fourth-order valence-electron chi connectivity index (χ4n) is 1.08. The van der Waals surface area contributed by atoms with Crippen molar-refractivity contribution in [2.75, 3.05) is 5.32 Å². The van der Waals surface area contributed by atoms with Gasteiger partial charge in [-0.2, -0.15) is 0 Å². The number of nitrogens with zero attached hydrogens (tertiary/aromatic N) is 1. The van der Waals surface area contributed by atoms with E-state index in [4.69, 9.17) is 12.2 Å². The molecule has 2 nitrogen and oxygen atoms in total. The van der Waals surface area contributed by atoms with Crippen LogP contribution in [-0.4, -0.2) is 9.30 Å². The maximum Gasteiger partial charge on any atom is 0.189 e. The van der Waals surface area contributed by atoms with Gasteiger partial charge < -0.3 is 5.32 Å². The summed E-state index contributed by atoms with van der Waals surface area (Å²) in [7, 11) is 0. The highest BCUT2D eigenvalue weighted by Crippen LogP contribution is 2.29. The molecule has 0 aliphatic rings. The van der Waals surface area contributed by atoms with Crippen LogP contribution in [0.15, 0.2) is 23.1 Å². The molecule has 0 bridgehead atoms. The number of nitrogens with one attached hydrogen (secondary N) is 1. The van der Waals surface area contributed by atoms with E-state index in [0.717, 1.165) is 20.2 Å². The van der Waals surface area contributed by atoms with Crippen molar-refractivity contribution in [3.8, 4) is 0 Å². The molecular formula is C8H6N2S4. The third-order valence-electron chi connectivity index (χ3n) is 1.61. The van der Waals surface area contributed by atoms with E-state index in [0.29, 0.717) is 4.32 Å². The van der Waals surface area contributed by atoms with Crippen LogP contribution in [0.4, 0.5) is 5.13 Å². The molecule has 0 amide bonds. The molecule has 6 heteroatoms. The fourth-order valence-corrected chi connectivity index (χ4v) is 2.65. The van der Waals surface area contributed by atoms with Crippen molar-refractivity contribution in [3.05, 3.63) is 18.2 Å². The number of thiocarbonyl (C=S) groups is 1. The highest BCUT2D eigenvalue weighted by atomic mass is 32.1. The Morgan fingerprint density at radius 2 is 2.29 bits per heavy atom. The quantitative estimate of drug-likeness (QED) is 0.541. The number of thiol groups is 2. The van der Waals surface area contributed by atoms with Crippen molar-refractivity contribution in [2.45, 2.75) is 4.90 Å². The van der Waals surface area contributed by atoms with Gasteiger partial charge in [-0.05, 0) is 12.1 Å². The van der Waals surface area contributed by atoms with Crippen LogP contribution in [-0.2, 0) is 0 Å². The molecule has 1 heterocycles. The summed E-state index contributed by atoms with van der Waals surface area (Å²) in [6.45, 7) is 0. The molecule has 2 aromatic rings. The van der Waals surface area contributed by atoms with Crippen LogP contribution in [0.1, 0.15) is 0 Å². The zero-order valence-corrected chi connectivity index (χ0v) is 10.3. The molecule has 1 N–H and O–H groups in total. The molecule has 2 rings (SSSR count). The molecule has 0 fully saturated rings. The number of rotatable bonds is 1. The van der Waals surface area contributed by atoms with E-state index in [1.807, 2.05) is 18.2 Å². The highest BCUT2D eigenvalue weighted by molar-refractivity contribution is 8.11. The van der Waals surface area contributed by atoms with Gasteiger partial charge >= 0.3 is 0 Å². The van der Waals surface area contributed by atoms with Crippen LogP contribution < -0.4 is 5.32 Å². The van der Waals surface area contributed by atoms with Crippen molar-refractivity contribution >= 4 is 68.5 Å². The van der Waals surface area contributed by atoms with Gasteiger partial charge in [0.1, 0.15) is 4.32 Å². The second-order valence-electron chi connectivity index (χ2n) is 2.57. The summed E-state index contributed by atoms with van der Waals surface area (Å²) in [6, 6.07) is 5.86. The zero-order valence-electron chi connectivity index (χ0n) is 6.89. The Kier molecular flexibility index (Phi) is 2.96. The fraction of sp³-hybridized carbons (Fsp3) is 0. The lowest BCUT2D eigenvalue weighted by molar-refractivity contribution is 1.41. The Labute approximate surface area is 102 Å². The minimum absolute atomic E-state index is 0.421. The minimum Gasteiger partial charge on any atom is -0.317 e. The monoisotopic (exact) mass is 258 g/mol. The number of benzene rings is 1. The summed E-state index contributed by atoms with van der Waals surface area (Å²) < 4.78 is 1.51. The molecule has 0 radical (unpaired) electrons. The van der Waals surface area contributed by atoms with E-state index >= 15 is 0 Å². The van der Waals surface area contributed by atoms with E-state index in [1.54, 1.807) is 0 Å². The third kappa shape index (κ3) is 2.03. The molecule has 0 saturated carbocycles. The minimum atomic E-state index is 0.421. The number of hydrogen-bond acceptors (Lipinski definition) is 4. The van der Waals surface area contributed by atoms with Gasteiger partial charge in [-0.3, -0.25) is 0 Å². The molecule has 1 aromatic carbocycles. The van der Waals surface area contributed by atoms with Gasteiger partial charge in [0.2, 0.25) is 0 Å². The summed E-state index contributed by atoms with van der Waals surface area (Å²) in [5.74, 6) is 0. The standard InChI is InChI=1S/C8H6N2S4/c11-4-2-1-3-5-6(4)9-7(14-5)10-8(12)13/h1-3,11H,(H2,9,10,12,13). The predicted molar refractivity (Wildman–Crippen MR) is 72.1 cm³/mol. The first kappa shape index (κ1) is 10.2. The van der Waals surface area contributed by atoms with Crippen LogP contribution >= 0.6 is 48.8 Å². The largest absolute Gasteiger partial charge is 0.317 e. The maximum atomic E-state index is 4.82. The zero-order chi connectivity index (χ0) is 10.1. The first-order valence-electron chi connectivity index (χ1n) is 3.75. The van der Waals surface area contributed by atoms with Gasteiger partial charge in [0.05, 0.1) is 10.2 Å². The first-order chi connectivity index (χ1) is 6.66. The Bertz CT molecular complexity index is 491. The summed E-state index contributed by atoms with van der Waals surface area (Å²) >= 11 is 14.7.